The lowest BCUT2D eigenvalue weighted by atomic mass is 9.99. The van der Waals surface area contributed by atoms with E-state index in [-0.39, 0.29) is 38.3 Å². The molecular weight excluding hydrogens is 714 g/mol. The van der Waals surface area contributed by atoms with Gasteiger partial charge in [-0.2, -0.15) is 0 Å². The van der Waals surface area contributed by atoms with Crippen LogP contribution in [-0.2, 0) is 49.5 Å². The highest BCUT2D eigenvalue weighted by Gasteiger charge is 2.34. The monoisotopic (exact) mass is 777 g/mol. The van der Waals surface area contributed by atoms with Crippen molar-refractivity contribution in [3.05, 3.63) is 35.9 Å². The number of unbranched alkanes of at least 4 members (excludes halogenated alkanes) is 1. The Morgan fingerprint density at radius 2 is 1.18 bits per heavy atom. The van der Waals surface area contributed by atoms with Gasteiger partial charge < -0.3 is 45.5 Å². The van der Waals surface area contributed by atoms with Crippen LogP contribution < -0.4 is 26.6 Å². The summed E-state index contributed by atoms with van der Waals surface area (Å²) in [6.07, 6.45) is -1.09. The first-order chi connectivity index (χ1) is 25.5. The molecule has 0 aliphatic rings. The summed E-state index contributed by atoms with van der Waals surface area (Å²) in [4.78, 5) is 91.1. The Balaban J connectivity index is 3.27. The Labute approximate surface area is 325 Å². The Morgan fingerprint density at radius 1 is 0.636 bits per heavy atom. The van der Waals surface area contributed by atoms with Crippen LogP contribution in [0.25, 0.3) is 0 Å². The molecule has 1 rings (SSSR count). The third-order valence-electron chi connectivity index (χ3n) is 7.77. The van der Waals surface area contributed by atoms with Crippen LogP contribution in [0.5, 0.6) is 0 Å². The average molecular weight is 778 g/mol. The molecule has 16 nitrogen and oxygen atoms in total. The van der Waals surface area contributed by atoms with Gasteiger partial charge in [0.05, 0.1) is 7.11 Å². The molecule has 16 heteroatoms. The van der Waals surface area contributed by atoms with Crippen molar-refractivity contribution in [2.75, 3.05) is 13.7 Å². The van der Waals surface area contributed by atoms with Crippen molar-refractivity contribution >= 4 is 41.8 Å². The fraction of sp³-hybridized carbons (Fsp3) is 0.667. The topological polar surface area (TPSA) is 217 Å². The molecule has 5 N–H and O–H groups in total. The SMILES string of the molecule is COC(=O)[C@@H](NC(=O)[C@@H](NC(=O)[C@H](CCC(=O)OC(C)(C)C)NC(=O)[C@H](CCCCNC(=O)OC(C)(C)C)NC(=O)OCc1ccccc1)C(C)C)C(C)C. The van der Waals surface area contributed by atoms with Crippen LogP contribution in [-0.4, -0.2) is 90.9 Å². The third kappa shape index (κ3) is 20.4. The van der Waals surface area contributed by atoms with E-state index in [0.29, 0.717) is 12.8 Å². The van der Waals surface area contributed by atoms with Crippen LogP contribution in [0, 0.1) is 11.8 Å². The largest absolute Gasteiger partial charge is 0.467 e. The van der Waals surface area contributed by atoms with Crippen LogP contribution in [0.1, 0.15) is 107 Å². The first-order valence-electron chi connectivity index (χ1n) is 18.7. The van der Waals surface area contributed by atoms with E-state index < -0.39 is 83.1 Å². The van der Waals surface area contributed by atoms with E-state index in [2.05, 4.69) is 26.6 Å². The second-order valence-corrected chi connectivity index (χ2v) is 15.9. The molecule has 310 valence electrons. The molecule has 1 aromatic rings. The lowest BCUT2D eigenvalue weighted by molar-refractivity contribution is -0.155. The fourth-order valence-corrected chi connectivity index (χ4v) is 5.01. The summed E-state index contributed by atoms with van der Waals surface area (Å²) in [6.45, 7) is 17.3. The van der Waals surface area contributed by atoms with Gasteiger partial charge in [0.2, 0.25) is 17.7 Å². The van der Waals surface area contributed by atoms with Crippen molar-refractivity contribution in [3.63, 3.8) is 0 Å². The van der Waals surface area contributed by atoms with E-state index in [4.69, 9.17) is 18.9 Å². The lowest BCUT2D eigenvalue weighted by Crippen LogP contribution is -2.59. The number of hydrogen-bond donors (Lipinski definition) is 5. The van der Waals surface area contributed by atoms with E-state index in [0.717, 1.165) is 5.56 Å². The number of carbonyl (C=O) groups excluding carboxylic acids is 7. The molecule has 0 aromatic heterocycles. The van der Waals surface area contributed by atoms with Gasteiger partial charge >= 0.3 is 24.1 Å². The fourth-order valence-electron chi connectivity index (χ4n) is 5.01. The summed E-state index contributed by atoms with van der Waals surface area (Å²) in [5.74, 6) is -4.23. The minimum atomic E-state index is -1.35. The summed E-state index contributed by atoms with van der Waals surface area (Å²) >= 11 is 0. The number of carbonyl (C=O) groups is 7. The molecule has 0 fully saturated rings. The predicted molar refractivity (Wildman–Crippen MR) is 204 cm³/mol. The summed E-state index contributed by atoms with van der Waals surface area (Å²) in [5, 5.41) is 13.2. The summed E-state index contributed by atoms with van der Waals surface area (Å²) in [6, 6.07) is 4.26. The number of benzene rings is 1. The van der Waals surface area contributed by atoms with Crippen LogP contribution in [0.4, 0.5) is 9.59 Å². The van der Waals surface area contributed by atoms with Crippen molar-refractivity contribution in [1.29, 1.82) is 0 Å². The smallest absolute Gasteiger partial charge is 0.408 e. The minimum absolute atomic E-state index is 0.0615. The van der Waals surface area contributed by atoms with Gasteiger partial charge in [-0.05, 0) is 84.6 Å². The normalized spacial score (nSPS) is 13.7. The first kappa shape index (κ1) is 48.1. The molecule has 0 unspecified atom stereocenters. The van der Waals surface area contributed by atoms with Crippen molar-refractivity contribution < 1.29 is 52.5 Å². The molecule has 0 aliphatic heterocycles. The van der Waals surface area contributed by atoms with Crippen LogP contribution >= 0.6 is 0 Å². The molecule has 0 radical (unpaired) electrons. The zero-order valence-electron chi connectivity index (χ0n) is 34.3. The van der Waals surface area contributed by atoms with E-state index >= 15 is 0 Å². The maximum Gasteiger partial charge on any atom is 0.408 e. The Bertz CT molecular complexity index is 1420. The predicted octanol–water partition coefficient (Wildman–Crippen LogP) is 4.04. The second kappa shape index (κ2) is 23.1. The van der Waals surface area contributed by atoms with Crippen LogP contribution in [0.15, 0.2) is 30.3 Å². The van der Waals surface area contributed by atoms with Gasteiger partial charge in [0.15, 0.2) is 0 Å². The van der Waals surface area contributed by atoms with Crippen molar-refractivity contribution in [3.8, 4) is 0 Å². The first-order valence-corrected chi connectivity index (χ1v) is 18.7. The minimum Gasteiger partial charge on any atom is -0.467 e. The number of nitrogens with one attached hydrogen (secondary N) is 5. The van der Waals surface area contributed by atoms with Gasteiger partial charge in [0, 0.05) is 13.0 Å². The number of rotatable bonds is 20. The number of alkyl carbamates (subject to hydrolysis) is 2. The lowest BCUT2D eigenvalue weighted by Gasteiger charge is -2.28. The molecule has 4 atom stereocenters. The quantitative estimate of drug-likeness (QED) is 0.0724. The average Bonchev–Trinajstić information content (AvgIpc) is 3.07. The molecule has 0 saturated carbocycles. The molecule has 55 heavy (non-hydrogen) atoms. The molecule has 0 spiro atoms. The number of ether oxygens (including phenoxy) is 4. The van der Waals surface area contributed by atoms with Crippen molar-refractivity contribution in [1.82, 2.24) is 26.6 Å². The highest BCUT2D eigenvalue weighted by molar-refractivity contribution is 5.95. The zero-order chi connectivity index (χ0) is 41.9. The Kier molecular flexibility index (Phi) is 20.2. The van der Waals surface area contributed by atoms with E-state index in [9.17, 15) is 33.6 Å². The summed E-state index contributed by atoms with van der Waals surface area (Å²) in [5.41, 5.74) is -0.762. The van der Waals surface area contributed by atoms with Gasteiger partial charge in [-0.3, -0.25) is 19.2 Å². The van der Waals surface area contributed by atoms with Gasteiger partial charge in [0.1, 0.15) is 42.0 Å². The van der Waals surface area contributed by atoms with Gasteiger partial charge in [-0.25, -0.2) is 14.4 Å². The Hall–Kier alpha value is -4.89. The van der Waals surface area contributed by atoms with E-state index in [1.165, 1.54) is 7.11 Å². The molecule has 0 heterocycles. The molecule has 0 bridgehead atoms. The molecular formula is C39H63N5O11. The number of esters is 2. The van der Waals surface area contributed by atoms with Gasteiger partial charge in [0.25, 0.3) is 0 Å². The standard InChI is InChI=1S/C39H63N5O11/c1-24(2)30(34(48)44-31(25(3)4)35(49)52-11)43-33(47)28(20-21-29(45)54-38(5,6)7)41-32(46)27(19-15-16-22-40-36(50)55-39(8,9)10)42-37(51)53-23-26-17-13-12-14-18-26/h12-14,17-18,24-25,27-28,30-31H,15-16,19-23H2,1-11H3,(H,40,50)(H,41,46)(H,42,51)(H,43,47)(H,44,48)/t27-,28-,30-,31-/m0/s1. The number of hydrogen-bond acceptors (Lipinski definition) is 11. The Morgan fingerprint density at radius 3 is 1.73 bits per heavy atom. The third-order valence-corrected chi connectivity index (χ3v) is 7.77. The summed E-state index contributed by atoms with van der Waals surface area (Å²) < 4.78 is 20.8. The summed E-state index contributed by atoms with van der Waals surface area (Å²) in [7, 11) is 1.20. The van der Waals surface area contributed by atoms with Crippen LogP contribution in [0.3, 0.4) is 0 Å². The van der Waals surface area contributed by atoms with Gasteiger partial charge in [-0.1, -0.05) is 58.0 Å². The highest BCUT2D eigenvalue weighted by atomic mass is 16.6. The van der Waals surface area contributed by atoms with Gasteiger partial charge in [-0.15, -0.1) is 0 Å². The molecule has 1 aromatic carbocycles. The molecule has 0 saturated heterocycles. The van der Waals surface area contributed by atoms with E-state index in [1.54, 1.807) is 93.5 Å². The molecule has 0 aliphatic carbocycles. The molecule has 5 amide bonds. The van der Waals surface area contributed by atoms with E-state index in [1.807, 2.05) is 6.07 Å². The number of amides is 5. The maximum absolute atomic E-state index is 13.9. The highest BCUT2D eigenvalue weighted by Crippen LogP contribution is 2.13. The second-order valence-electron chi connectivity index (χ2n) is 15.9. The zero-order valence-corrected chi connectivity index (χ0v) is 34.3. The van der Waals surface area contributed by atoms with Crippen molar-refractivity contribution in [2.24, 2.45) is 11.8 Å². The maximum atomic E-state index is 13.9. The van der Waals surface area contributed by atoms with Crippen LogP contribution in [0.2, 0.25) is 0 Å². The van der Waals surface area contributed by atoms with Crippen molar-refractivity contribution in [2.45, 2.75) is 143 Å². The number of methoxy groups -OCH3 is 1.